The number of benzene rings is 1. The number of unbranched alkanes of at least 4 members (excludes halogenated alkanes) is 1. The quantitative estimate of drug-likeness (QED) is 0.382. The van der Waals surface area contributed by atoms with Gasteiger partial charge < -0.3 is 4.74 Å². The first-order valence-corrected chi connectivity index (χ1v) is 8.60. The molecular weight excluding hydrogens is 328 g/mol. The molecule has 0 radical (unpaired) electrons. The summed E-state index contributed by atoms with van der Waals surface area (Å²) in [6.45, 7) is 4.87. The molecule has 0 spiro atoms. The van der Waals surface area contributed by atoms with Gasteiger partial charge in [-0.25, -0.2) is 14.6 Å². The van der Waals surface area contributed by atoms with Gasteiger partial charge in [-0.15, -0.1) is 0 Å². The van der Waals surface area contributed by atoms with Crippen molar-refractivity contribution in [3.8, 4) is 11.6 Å². The lowest BCUT2D eigenvalue weighted by molar-refractivity contribution is 0.309. The van der Waals surface area contributed by atoms with Crippen LogP contribution in [-0.2, 0) is 0 Å². The molecule has 0 aliphatic rings. The highest BCUT2D eigenvalue weighted by atomic mass is 16.5. The topological polar surface area (TPSA) is 77.2 Å². The lowest BCUT2D eigenvalue weighted by Crippen LogP contribution is -2.01. The molecule has 7 heteroatoms. The third-order valence-electron chi connectivity index (χ3n) is 3.64. The molecule has 134 valence electrons. The van der Waals surface area contributed by atoms with E-state index in [9.17, 15) is 0 Å². The average molecular weight is 350 g/mol. The number of nitrogens with one attached hydrogen (secondary N) is 1. The SMILES string of the molecule is CCCCOc1ccc(C=NNc2cc(-n3cc(C)cn3)ncn2)cc1. The van der Waals surface area contributed by atoms with E-state index in [1.54, 1.807) is 23.2 Å². The molecule has 2 aromatic heterocycles. The highest BCUT2D eigenvalue weighted by molar-refractivity contribution is 5.80. The Morgan fingerprint density at radius 1 is 1.23 bits per heavy atom. The van der Waals surface area contributed by atoms with Gasteiger partial charge in [-0.05, 0) is 48.7 Å². The van der Waals surface area contributed by atoms with Crippen LogP contribution in [0.5, 0.6) is 5.75 Å². The number of aryl methyl sites for hydroxylation is 1. The number of ether oxygens (including phenoxy) is 1. The minimum atomic E-state index is 0.596. The van der Waals surface area contributed by atoms with E-state index in [2.05, 4.69) is 32.5 Å². The van der Waals surface area contributed by atoms with E-state index >= 15 is 0 Å². The fourth-order valence-corrected chi connectivity index (χ4v) is 2.23. The van der Waals surface area contributed by atoms with E-state index in [0.717, 1.165) is 36.3 Å². The van der Waals surface area contributed by atoms with Crippen molar-refractivity contribution in [2.75, 3.05) is 12.0 Å². The number of hydrazone groups is 1. The molecule has 2 heterocycles. The number of rotatable bonds is 8. The van der Waals surface area contributed by atoms with Gasteiger partial charge >= 0.3 is 0 Å². The van der Waals surface area contributed by atoms with Gasteiger partial charge in [0.25, 0.3) is 0 Å². The van der Waals surface area contributed by atoms with Crippen LogP contribution < -0.4 is 10.2 Å². The number of hydrogen-bond acceptors (Lipinski definition) is 6. The highest BCUT2D eigenvalue weighted by Crippen LogP contribution is 2.12. The molecule has 7 nitrogen and oxygen atoms in total. The summed E-state index contributed by atoms with van der Waals surface area (Å²) in [5.41, 5.74) is 4.95. The summed E-state index contributed by atoms with van der Waals surface area (Å²) in [5, 5.41) is 8.46. The van der Waals surface area contributed by atoms with E-state index in [4.69, 9.17) is 4.74 Å². The Morgan fingerprint density at radius 2 is 2.08 bits per heavy atom. The lowest BCUT2D eigenvalue weighted by atomic mass is 10.2. The Hall–Kier alpha value is -3.22. The second-order valence-electron chi connectivity index (χ2n) is 5.86. The highest BCUT2D eigenvalue weighted by Gasteiger charge is 2.02. The van der Waals surface area contributed by atoms with Crippen LogP contribution in [0.2, 0.25) is 0 Å². The van der Waals surface area contributed by atoms with Gasteiger partial charge in [0, 0.05) is 12.3 Å². The van der Waals surface area contributed by atoms with Crippen LogP contribution in [0.15, 0.2) is 54.2 Å². The number of aromatic nitrogens is 4. The maximum absolute atomic E-state index is 5.65. The Morgan fingerprint density at radius 3 is 2.81 bits per heavy atom. The summed E-state index contributed by atoms with van der Waals surface area (Å²) >= 11 is 0. The summed E-state index contributed by atoms with van der Waals surface area (Å²) in [6.07, 6.45) is 9.08. The van der Waals surface area contributed by atoms with Gasteiger partial charge in [0.15, 0.2) is 11.6 Å². The minimum absolute atomic E-state index is 0.596. The largest absolute Gasteiger partial charge is 0.494 e. The monoisotopic (exact) mass is 350 g/mol. The van der Waals surface area contributed by atoms with Crippen molar-refractivity contribution >= 4 is 12.0 Å². The standard InChI is InChI=1S/C19H22N6O/c1-3-4-9-26-17-7-5-16(6-8-17)12-22-24-18-10-19(21-14-20-18)25-13-15(2)11-23-25/h5-8,10-14H,3-4,9H2,1-2H3,(H,20,21,24). The molecule has 0 saturated carbocycles. The molecule has 3 rings (SSSR count). The molecule has 0 bridgehead atoms. The second kappa shape index (κ2) is 8.75. The summed E-state index contributed by atoms with van der Waals surface area (Å²) in [4.78, 5) is 8.37. The summed E-state index contributed by atoms with van der Waals surface area (Å²) in [6, 6.07) is 9.60. The van der Waals surface area contributed by atoms with Gasteiger partial charge in [0.1, 0.15) is 12.1 Å². The zero-order valence-electron chi connectivity index (χ0n) is 15.0. The molecule has 0 fully saturated rings. The predicted octanol–water partition coefficient (Wildman–Crippen LogP) is 3.60. The van der Waals surface area contributed by atoms with Crippen molar-refractivity contribution in [3.63, 3.8) is 0 Å². The Labute approximate surface area is 152 Å². The zero-order valence-corrected chi connectivity index (χ0v) is 15.0. The molecule has 0 atom stereocenters. The first kappa shape index (κ1) is 17.6. The van der Waals surface area contributed by atoms with E-state index in [-0.39, 0.29) is 0 Å². The fraction of sp³-hybridized carbons (Fsp3) is 0.263. The number of nitrogens with zero attached hydrogens (tertiary/aromatic N) is 5. The van der Waals surface area contributed by atoms with Crippen LogP contribution in [0.1, 0.15) is 30.9 Å². The van der Waals surface area contributed by atoms with Crippen LogP contribution in [0.4, 0.5) is 5.82 Å². The normalized spacial score (nSPS) is 11.0. The Balaban J connectivity index is 1.58. The average Bonchev–Trinajstić information content (AvgIpc) is 3.10. The first-order valence-electron chi connectivity index (χ1n) is 8.60. The Kier molecular flexibility index (Phi) is 5.92. The smallest absolute Gasteiger partial charge is 0.158 e. The first-order chi connectivity index (χ1) is 12.7. The Bertz CT molecular complexity index is 856. The minimum Gasteiger partial charge on any atom is -0.494 e. The maximum Gasteiger partial charge on any atom is 0.158 e. The van der Waals surface area contributed by atoms with E-state index < -0.39 is 0 Å². The lowest BCUT2D eigenvalue weighted by Gasteiger charge is -2.05. The molecule has 0 amide bonds. The van der Waals surface area contributed by atoms with Crippen LogP contribution in [0.25, 0.3) is 5.82 Å². The summed E-state index contributed by atoms with van der Waals surface area (Å²) in [7, 11) is 0. The summed E-state index contributed by atoms with van der Waals surface area (Å²) in [5.74, 6) is 2.15. The third kappa shape index (κ3) is 4.89. The van der Waals surface area contributed by atoms with Crippen molar-refractivity contribution in [3.05, 3.63) is 60.2 Å². The van der Waals surface area contributed by atoms with Crippen LogP contribution in [0.3, 0.4) is 0 Å². The van der Waals surface area contributed by atoms with Gasteiger partial charge in [-0.1, -0.05) is 13.3 Å². The van der Waals surface area contributed by atoms with E-state index in [1.807, 2.05) is 37.4 Å². The molecular formula is C19H22N6O. The molecule has 0 unspecified atom stereocenters. The molecule has 3 aromatic rings. The van der Waals surface area contributed by atoms with Gasteiger partial charge in [0.2, 0.25) is 0 Å². The molecule has 0 saturated heterocycles. The second-order valence-corrected chi connectivity index (χ2v) is 5.86. The van der Waals surface area contributed by atoms with Crippen molar-refractivity contribution in [2.24, 2.45) is 5.10 Å². The van der Waals surface area contributed by atoms with E-state index in [0.29, 0.717) is 11.6 Å². The molecule has 26 heavy (non-hydrogen) atoms. The number of anilines is 1. The molecule has 1 N–H and O–H groups in total. The van der Waals surface area contributed by atoms with Crippen molar-refractivity contribution in [1.29, 1.82) is 0 Å². The maximum atomic E-state index is 5.65. The zero-order chi connectivity index (χ0) is 18.2. The van der Waals surface area contributed by atoms with Gasteiger partial charge in [0.05, 0.1) is 19.0 Å². The van der Waals surface area contributed by atoms with Crippen LogP contribution in [0, 0.1) is 6.92 Å². The van der Waals surface area contributed by atoms with Crippen LogP contribution >= 0.6 is 0 Å². The summed E-state index contributed by atoms with van der Waals surface area (Å²) < 4.78 is 7.34. The van der Waals surface area contributed by atoms with Crippen molar-refractivity contribution in [2.45, 2.75) is 26.7 Å². The van der Waals surface area contributed by atoms with Crippen LogP contribution in [-0.4, -0.2) is 32.6 Å². The predicted molar refractivity (Wildman–Crippen MR) is 102 cm³/mol. The third-order valence-corrected chi connectivity index (χ3v) is 3.64. The number of hydrogen-bond donors (Lipinski definition) is 1. The fourth-order valence-electron chi connectivity index (χ4n) is 2.23. The molecule has 0 aliphatic heterocycles. The molecule has 0 aliphatic carbocycles. The van der Waals surface area contributed by atoms with Crippen molar-refractivity contribution < 1.29 is 4.74 Å². The van der Waals surface area contributed by atoms with Crippen molar-refractivity contribution in [1.82, 2.24) is 19.7 Å². The molecule has 1 aromatic carbocycles. The van der Waals surface area contributed by atoms with E-state index in [1.165, 1.54) is 6.33 Å². The van der Waals surface area contributed by atoms with Gasteiger partial charge in [-0.2, -0.15) is 10.2 Å². The van der Waals surface area contributed by atoms with Gasteiger partial charge in [-0.3, -0.25) is 5.43 Å².